The molecule has 0 radical (unpaired) electrons. The summed E-state index contributed by atoms with van der Waals surface area (Å²) in [5.41, 5.74) is 1.05. The van der Waals surface area contributed by atoms with E-state index in [4.69, 9.17) is 0 Å². The van der Waals surface area contributed by atoms with Crippen LogP contribution in [0.3, 0.4) is 0 Å². The minimum absolute atomic E-state index is 0.175. The second kappa shape index (κ2) is 4.75. The van der Waals surface area contributed by atoms with Crippen LogP contribution in [0.25, 0.3) is 0 Å². The van der Waals surface area contributed by atoms with Crippen LogP contribution in [0.4, 0.5) is 0 Å². The lowest BCUT2D eigenvalue weighted by Gasteiger charge is -2.35. The Hall–Kier alpha value is -1.72. The highest BCUT2D eigenvalue weighted by Crippen LogP contribution is 2.23. The van der Waals surface area contributed by atoms with Crippen molar-refractivity contribution in [3.05, 3.63) is 35.4 Å². The molecular weight excluding hydrogens is 242 g/mol. The number of carbonyl (C=O) groups is 2. The molecule has 2 aliphatic rings. The van der Waals surface area contributed by atoms with Crippen molar-refractivity contribution in [3.63, 3.8) is 0 Å². The maximum absolute atomic E-state index is 12.3. The normalized spacial score (nSPS) is 23.8. The summed E-state index contributed by atoms with van der Waals surface area (Å²) in [6.45, 7) is 5.13. The van der Waals surface area contributed by atoms with Crippen molar-refractivity contribution in [2.75, 3.05) is 26.3 Å². The molecule has 1 atom stereocenters. The van der Waals surface area contributed by atoms with Crippen LogP contribution in [0.1, 0.15) is 27.6 Å². The van der Waals surface area contributed by atoms with Gasteiger partial charge in [-0.2, -0.15) is 0 Å². The maximum atomic E-state index is 12.3. The summed E-state index contributed by atoms with van der Waals surface area (Å²) < 4.78 is 0. The summed E-state index contributed by atoms with van der Waals surface area (Å²) in [5, 5.41) is 3.30. The molecule has 0 aromatic heterocycles. The van der Waals surface area contributed by atoms with E-state index in [1.807, 2.05) is 0 Å². The van der Waals surface area contributed by atoms with Crippen LogP contribution in [0.15, 0.2) is 24.3 Å². The Morgan fingerprint density at radius 2 is 1.84 bits per heavy atom. The van der Waals surface area contributed by atoms with E-state index in [0.717, 1.165) is 19.6 Å². The van der Waals surface area contributed by atoms with Crippen LogP contribution in [0.2, 0.25) is 0 Å². The van der Waals surface area contributed by atoms with Crippen molar-refractivity contribution in [3.8, 4) is 0 Å². The van der Waals surface area contributed by atoms with E-state index >= 15 is 0 Å². The number of piperazine rings is 1. The molecule has 3 rings (SSSR count). The van der Waals surface area contributed by atoms with Gasteiger partial charge < -0.3 is 5.32 Å². The summed E-state index contributed by atoms with van der Waals surface area (Å²) in [6.07, 6.45) is 0. The van der Waals surface area contributed by atoms with Gasteiger partial charge in [-0.1, -0.05) is 12.1 Å². The van der Waals surface area contributed by atoms with Crippen LogP contribution in [-0.4, -0.2) is 54.0 Å². The molecule has 2 heterocycles. The van der Waals surface area contributed by atoms with Crippen LogP contribution in [0.5, 0.6) is 0 Å². The molecule has 100 valence electrons. The molecule has 0 unspecified atom stereocenters. The van der Waals surface area contributed by atoms with Gasteiger partial charge in [-0.3, -0.25) is 19.4 Å². The zero-order valence-corrected chi connectivity index (χ0v) is 10.9. The summed E-state index contributed by atoms with van der Waals surface area (Å²) in [5.74, 6) is -0.349. The lowest BCUT2D eigenvalue weighted by Crippen LogP contribution is -2.54. The molecule has 0 bridgehead atoms. The van der Waals surface area contributed by atoms with Gasteiger partial charge in [-0.25, -0.2) is 0 Å². The minimum atomic E-state index is -0.175. The van der Waals surface area contributed by atoms with Crippen molar-refractivity contribution in [1.29, 1.82) is 0 Å². The highest BCUT2D eigenvalue weighted by Gasteiger charge is 2.36. The highest BCUT2D eigenvalue weighted by molar-refractivity contribution is 6.21. The number of rotatable bonds is 2. The average Bonchev–Trinajstić information content (AvgIpc) is 2.67. The molecule has 5 nitrogen and oxygen atoms in total. The topological polar surface area (TPSA) is 52.6 Å². The van der Waals surface area contributed by atoms with Gasteiger partial charge in [0.25, 0.3) is 11.8 Å². The number of fused-ring (bicyclic) bond motifs is 1. The molecule has 0 saturated carbocycles. The second-order valence-corrected chi connectivity index (χ2v) is 5.09. The van der Waals surface area contributed by atoms with E-state index in [-0.39, 0.29) is 11.8 Å². The van der Waals surface area contributed by atoms with Crippen molar-refractivity contribution >= 4 is 11.8 Å². The molecular formula is C14H17N3O2. The third-order valence-electron chi connectivity index (χ3n) is 3.84. The van der Waals surface area contributed by atoms with Gasteiger partial charge in [0.15, 0.2) is 0 Å². The molecule has 2 aliphatic heterocycles. The number of benzene rings is 1. The van der Waals surface area contributed by atoms with Gasteiger partial charge in [0.1, 0.15) is 0 Å². The number of hydrogen-bond donors (Lipinski definition) is 1. The Morgan fingerprint density at radius 3 is 2.42 bits per heavy atom. The van der Waals surface area contributed by atoms with Crippen molar-refractivity contribution in [1.82, 2.24) is 15.1 Å². The minimum Gasteiger partial charge on any atom is -0.314 e. The van der Waals surface area contributed by atoms with Crippen LogP contribution in [-0.2, 0) is 0 Å². The fraction of sp³-hybridized carbons (Fsp3) is 0.429. The van der Waals surface area contributed by atoms with E-state index in [0.29, 0.717) is 23.8 Å². The fourth-order valence-electron chi connectivity index (χ4n) is 2.64. The Bertz CT molecular complexity index is 494. The molecule has 1 N–H and O–H groups in total. The number of amides is 2. The zero-order valence-electron chi connectivity index (χ0n) is 10.9. The van der Waals surface area contributed by atoms with Gasteiger partial charge in [-0.05, 0) is 19.1 Å². The number of carbonyl (C=O) groups excluding carboxylic acids is 2. The first kappa shape index (κ1) is 12.3. The molecule has 1 fully saturated rings. The van der Waals surface area contributed by atoms with Crippen molar-refractivity contribution in [2.24, 2.45) is 0 Å². The standard InChI is InChI=1S/C14H17N3O2/c1-10-8-15-6-7-16(10)9-17-13(18)11-4-2-3-5-12(11)14(17)19/h2-5,10,15H,6-9H2,1H3/t10-/m0/s1. The summed E-state index contributed by atoms with van der Waals surface area (Å²) in [6, 6.07) is 7.35. The third kappa shape index (κ3) is 2.05. The lowest BCUT2D eigenvalue weighted by molar-refractivity contribution is 0.0463. The average molecular weight is 259 g/mol. The first-order valence-electron chi connectivity index (χ1n) is 6.58. The second-order valence-electron chi connectivity index (χ2n) is 5.09. The first-order valence-corrected chi connectivity index (χ1v) is 6.58. The van der Waals surface area contributed by atoms with Gasteiger partial charge >= 0.3 is 0 Å². The largest absolute Gasteiger partial charge is 0.314 e. The van der Waals surface area contributed by atoms with Crippen molar-refractivity contribution in [2.45, 2.75) is 13.0 Å². The summed E-state index contributed by atoms with van der Waals surface area (Å²) in [7, 11) is 0. The molecule has 2 amide bonds. The molecule has 0 spiro atoms. The third-order valence-corrected chi connectivity index (χ3v) is 3.84. The predicted octanol–water partition coefficient (Wildman–Crippen LogP) is 0.534. The van der Waals surface area contributed by atoms with Gasteiger partial charge in [0.2, 0.25) is 0 Å². The predicted molar refractivity (Wildman–Crippen MR) is 70.8 cm³/mol. The number of nitrogens with one attached hydrogen (secondary N) is 1. The van der Waals surface area contributed by atoms with Crippen molar-refractivity contribution < 1.29 is 9.59 Å². The molecule has 5 heteroatoms. The number of hydrogen-bond acceptors (Lipinski definition) is 4. The van der Waals surface area contributed by atoms with E-state index in [2.05, 4.69) is 17.1 Å². The van der Waals surface area contributed by atoms with E-state index < -0.39 is 0 Å². The molecule has 0 aliphatic carbocycles. The molecule has 1 aromatic carbocycles. The SMILES string of the molecule is C[C@H]1CNCCN1CN1C(=O)c2ccccc2C1=O. The molecule has 1 aromatic rings. The van der Waals surface area contributed by atoms with Crippen LogP contribution >= 0.6 is 0 Å². The number of nitrogens with zero attached hydrogens (tertiary/aromatic N) is 2. The van der Waals surface area contributed by atoms with Crippen LogP contribution in [0, 0.1) is 0 Å². The van der Waals surface area contributed by atoms with Gasteiger partial charge in [0, 0.05) is 25.7 Å². The molecule has 19 heavy (non-hydrogen) atoms. The first-order chi connectivity index (χ1) is 9.18. The van der Waals surface area contributed by atoms with Gasteiger partial charge in [0.05, 0.1) is 17.8 Å². The van der Waals surface area contributed by atoms with Crippen LogP contribution < -0.4 is 5.32 Å². The quantitative estimate of drug-likeness (QED) is 0.787. The Morgan fingerprint density at radius 1 is 1.21 bits per heavy atom. The number of imide groups is 1. The smallest absolute Gasteiger partial charge is 0.262 e. The Balaban J connectivity index is 1.80. The fourth-order valence-corrected chi connectivity index (χ4v) is 2.64. The Kier molecular flexibility index (Phi) is 3.08. The Labute approximate surface area is 112 Å². The van der Waals surface area contributed by atoms with E-state index in [1.54, 1.807) is 24.3 Å². The maximum Gasteiger partial charge on any atom is 0.262 e. The van der Waals surface area contributed by atoms with E-state index in [1.165, 1.54) is 4.90 Å². The summed E-state index contributed by atoms with van der Waals surface area (Å²) >= 11 is 0. The van der Waals surface area contributed by atoms with Gasteiger partial charge in [-0.15, -0.1) is 0 Å². The van der Waals surface area contributed by atoms with E-state index in [9.17, 15) is 9.59 Å². The lowest BCUT2D eigenvalue weighted by atomic mass is 10.1. The molecule has 1 saturated heterocycles. The zero-order chi connectivity index (χ0) is 13.4. The highest BCUT2D eigenvalue weighted by atomic mass is 16.2. The summed E-state index contributed by atoms with van der Waals surface area (Å²) in [4.78, 5) is 28.0. The monoisotopic (exact) mass is 259 g/mol.